The number of rotatable bonds is 2. The molecule has 144 valence electrons. The van der Waals surface area contributed by atoms with Crippen LogP contribution in [0.3, 0.4) is 0 Å². The molecule has 2 aromatic heterocycles. The molecule has 1 aromatic carbocycles. The minimum Gasteiger partial charge on any atom is -0.492 e. The summed E-state index contributed by atoms with van der Waals surface area (Å²) in [4.78, 5) is 23.6. The fourth-order valence-corrected chi connectivity index (χ4v) is 3.96. The maximum Gasteiger partial charge on any atom is 0.252 e. The summed E-state index contributed by atoms with van der Waals surface area (Å²) < 4.78 is 13.5. The zero-order valence-corrected chi connectivity index (χ0v) is 15.6. The van der Waals surface area contributed by atoms with E-state index in [4.69, 9.17) is 9.47 Å². The van der Waals surface area contributed by atoms with Crippen LogP contribution >= 0.6 is 0 Å². The number of hydrogen-bond acceptors (Lipinski definition) is 6. The fourth-order valence-electron chi connectivity index (χ4n) is 3.96. The Morgan fingerprint density at radius 3 is 3.11 bits per heavy atom. The first-order valence-corrected chi connectivity index (χ1v) is 9.47. The number of para-hydroxylation sites is 1. The molecule has 2 aliphatic heterocycles. The van der Waals surface area contributed by atoms with Crippen LogP contribution in [0.4, 0.5) is 0 Å². The third-order valence-corrected chi connectivity index (χ3v) is 5.34. The molecule has 4 heterocycles. The summed E-state index contributed by atoms with van der Waals surface area (Å²) in [6.07, 6.45) is 1.92. The smallest absolute Gasteiger partial charge is 0.252 e. The lowest BCUT2D eigenvalue weighted by Crippen LogP contribution is -2.47. The highest BCUT2D eigenvalue weighted by molar-refractivity contribution is 5.80. The normalized spacial score (nSPS) is 22.0. The molecule has 3 aromatic rings. The van der Waals surface area contributed by atoms with Crippen molar-refractivity contribution in [3.05, 3.63) is 53.6 Å². The maximum absolute atomic E-state index is 13.2. The molecular weight excluding hydrogens is 358 g/mol. The van der Waals surface area contributed by atoms with E-state index < -0.39 is 0 Å². The Hall–Kier alpha value is -3.00. The first-order chi connectivity index (χ1) is 13.7. The number of benzene rings is 1. The summed E-state index contributed by atoms with van der Waals surface area (Å²) in [5, 5.41) is 4.26. The molecule has 2 atom stereocenters. The van der Waals surface area contributed by atoms with Crippen molar-refractivity contribution in [3.8, 4) is 5.75 Å². The highest BCUT2D eigenvalue weighted by Crippen LogP contribution is 2.29. The van der Waals surface area contributed by atoms with Gasteiger partial charge in [0.1, 0.15) is 24.8 Å². The van der Waals surface area contributed by atoms with E-state index >= 15 is 0 Å². The van der Waals surface area contributed by atoms with Crippen molar-refractivity contribution in [2.24, 2.45) is 5.92 Å². The van der Waals surface area contributed by atoms with Gasteiger partial charge in [-0.15, -0.1) is 0 Å². The topological polar surface area (TPSA) is 81.9 Å². The van der Waals surface area contributed by atoms with Crippen molar-refractivity contribution >= 4 is 11.7 Å². The van der Waals surface area contributed by atoms with Crippen LogP contribution < -0.4 is 4.74 Å². The number of fused-ring (bicyclic) bond motifs is 2. The first kappa shape index (κ1) is 17.1. The predicted molar refractivity (Wildman–Crippen MR) is 99.9 cm³/mol. The summed E-state index contributed by atoms with van der Waals surface area (Å²) in [7, 11) is 0. The number of nitrogens with zero attached hydrogens (tertiary/aromatic N) is 5. The summed E-state index contributed by atoms with van der Waals surface area (Å²) in [5.74, 6) is 1.37. The Balaban J connectivity index is 1.36. The van der Waals surface area contributed by atoms with Crippen LogP contribution in [-0.4, -0.2) is 56.7 Å². The van der Waals surface area contributed by atoms with Crippen LogP contribution in [0.5, 0.6) is 5.75 Å². The van der Waals surface area contributed by atoms with Crippen LogP contribution in [0.2, 0.25) is 0 Å². The fraction of sp³-hybridized carbons (Fsp3) is 0.400. The molecule has 0 bridgehead atoms. The average molecular weight is 379 g/mol. The number of carbonyl (C=O) groups excluding carboxylic acids is 1. The van der Waals surface area contributed by atoms with Crippen molar-refractivity contribution in [1.29, 1.82) is 0 Å². The van der Waals surface area contributed by atoms with E-state index in [9.17, 15) is 4.79 Å². The molecule has 5 rings (SSSR count). The zero-order valence-electron chi connectivity index (χ0n) is 15.6. The highest BCUT2D eigenvalue weighted by Gasteiger charge is 2.33. The Kier molecular flexibility index (Phi) is 4.20. The highest BCUT2D eigenvalue weighted by atomic mass is 16.5. The summed E-state index contributed by atoms with van der Waals surface area (Å²) in [6.45, 7) is 3.88. The predicted octanol–water partition coefficient (Wildman–Crippen LogP) is 1.58. The van der Waals surface area contributed by atoms with Crippen LogP contribution in [0, 0.1) is 12.8 Å². The molecule has 1 amide bonds. The van der Waals surface area contributed by atoms with Crippen LogP contribution in [-0.2, 0) is 16.0 Å². The molecule has 1 saturated heterocycles. The number of ether oxygens (including phenoxy) is 2. The van der Waals surface area contributed by atoms with E-state index in [0.717, 1.165) is 22.7 Å². The molecule has 0 radical (unpaired) electrons. The van der Waals surface area contributed by atoms with Gasteiger partial charge in [-0.25, -0.2) is 4.98 Å². The molecule has 8 nitrogen and oxygen atoms in total. The van der Waals surface area contributed by atoms with Gasteiger partial charge in [0.25, 0.3) is 5.78 Å². The van der Waals surface area contributed by atoms with Crippen LogP contribution in [0.15, 0.2) is 36.7 Å². The van der Waals surface area contributed by atoms with Gasteiger partial charge in [-0.1, -0.05) is 18.2 Å². The third-order valence-electron chi connectivity index (χ3n) is 5.34. The molecule has 2 aliphatic rings. The Bertz CT molecular complexity index is 1030. The quantitative estimate of drug-likeness (QED) is 0.673. The van der Waals surface area contributed by atoms with E-state index in [2.05, 4.69) is 15.1 Å². The molecule has 0 saturated carbocycles. The van der Waals surface area contributed by atoms with Gasteiger partial charge >= 0.3 is 0 Å². The number of aromatic nitrogens is 4. The van der Waals surface area contributed by atoms with Gasteiger partial charge in [-0.3, -0.25) is 4.79 Å². The van der Waals surface area contributed by atoms with Gasteiger partial charge in [0.2, 0.25) is 5.91 Å². The second kappa shape index (κ2) is 6.87. The van der Waals surface area contributed by atoms with Gasteiger partial charge in [-0.2, -0.15) is 14.6 Å². The van der Waals surface area contributed by atoms with Gasteiger partial charge in [0.15, 0.2) is 0 Å². The Labute approximate surface area is 162 Å². The second-order valence-corrected chi connectivity index (χ2v) is 7.26. The number of morpholine rings is 1. The molecule has 2 unspecified atom stereocenters. The molecule has 0 N–H and O–H groups in total. The summed E-state index contributed by atoms with van der Waals surface area (Å²) in [5.41, 5.74) is 2.80. The monoisotopic (exact) mass is 379 g/mol. The molecule has 0 aliphatic carbocycles. The van der Waals surface area contributed by atoms with Gasteiger partial charge in [0, 0.05) is 12.2 Å². The lowest BCUT2D eigenvalue weighted by molar-refractivity contribution is -0.145. The number of aryl methyl sites for hydroxylation is 1. The molecule has 1 fully saturated rings. The van der Waals surface area contributed by atoms with Crippen molar-refractivity contribution < 1.29 is 14.3 Å². The maximum atomic E-state index is 13.2. The summed E-state index contributed by atoms with van der Waals surface area (Å²) >= 11 is 0. The Morgan fingerprint density at radius 1 is 1.29 bits per heavy atom. The van der Waals surface area contributed by atoms with Crippen molar-refractivity contribution in [2.75, 3.05) is 26.3 Å². The molecule has 28 heavy (non-hydrogen) atoms. The number of hydrogen-bond donors (Lipinski definition) is 0. The largest absolute Gasteiger partial charge is 0.492 e. The zero-order chi connectivity index (χ0) is 19.1. The van der Waals surface area contributed by atoms with Gasteiger partial charge < -0.3 is 14.4 Å². The van der Waals surface area contributed by atoms with Crippen LogP contribution in [0.1, 0.15) is 23.1 Å². The van der Waals surface area contributed by atoms with E-state index in [0.29, 0.717) is 38.5 Å². The van der Waals surface area contributed by atoms with Gasteiger partial charge in [0.05, 0.1) is 24.8 Å². The molecular formula is C20H21N5O3. The lowest BCUT2D eigenvalue weighted by atomic mass is 9.95. The second-order valence-electron chi connectivity index (χ2n) is 7.26. The van der Waals surface area contributed by atoms with Gasteiger partial charge in [-0.05, 0) is 31.0 Å². The lowest BCUT2D eigenvalue weighted by Gasteiger charge is -2.36. The number of amides is 1. The van der Waals surface area contributed by atoms with E-state index in [1.165, 1.54) is 6.33 Å². The SMILES string of the molecule is Cc1cc(C2CN(C(=O)C3COc4ccccc4C3)CCO2)n2ncnc2n1. The van der Waals surface area contributed by atoms with E-state index in [1.54, 1.807) is 4.52 Å². The molecule has 8 heteroatoms. The van der Waals surface area contributed by atoms with Crippen molar-refractivity contribution in [2.45, 2.75) is 19.4 Å². The minimum absolute atomic E-state index is 0.114. The van der Waals surface area contributed by atoms with E-state index in [1.807, 2.05) is 42.2 Å². The molecule has 0 spiro atoms. The standard InChI is InChI=1S/C20H21N5O3/c1-13-8-16(25-20(23-13)21-12-22-25)18-10-24(6-7-27-18)19(26)15-9-14-4-2-3-5-17(14)28-11-15/h2-5,8,12,15,18H,6-7,9-11H2,1H3. The number of carbonyl (C=O) groups is 1. The van der Waals surface area contributed by atoms with Crippen molar-refractivity contribution in [3.63, 3.8) is 0 Å². The third kappa shape index (κ3) is 2.99. The van der Waals surface area contributed by atoms with Crippen LogP contribution in [0.25, 0.3) is 5.78 Å². The average Bonchev–Trinajstić information content (AvgIpc) is 3.20. The van der Waals surface area contributed by atoms with E-state index in [-0.39, 0.29) is 17.9 Å². The minimum atomic E-state index is -0.264. The Morgan fingerprint density at radius 2 is 2.18 bits per heavy atom. The van der Waals surface area contributed by atoms with Crippen molar-refractivity contribution in [1.82, 2.24) is 24.5 Å². The first-order valence-electron chi connectivity index (χ1n) is 9.47. The summed E-state index contributed by atoms with van der Waals surface area (Å²) in [6, 6.07) is 9.86.